The average molecular weight is 922 g/mol. The fourth-order valence-corrected chi connectivity index (χ4v) is 8.83. The van der Waals surface area contributed by atoms with Crippen LogP contribution in [-0.4, -0.2) is 125 Å². The number of benzene rings is 2. The molecule has 4 aromatic rings. The molecule has 0 aliphatic carbocycles. The summed E-state index contributed by atoms with van der Waals surface area (Å²) in [7, 11) is 0. The van der Waals surface area contributed by atoms with Crippen LogP contribution in [0.4, 0.5) is 22.5 Å². The minimum Gasteiger partial charge on any atom is -0.483 e. The number of hydrogen-bond acceptors (Lipinski definition) is 15. The Bertz CT molecular complexity index is 2470. The van der Waals surface area contributed by atoms with Gasteiger partial charge in [0.15, 0.2) is 11.7 Å². The highest BCUT2D eigenvalue weighted by atomic mass is 32.1. The molecule has 1 unspecified atom stereocenters. The summed E-state index contributed by atoms with van der Waals surface area (Å²) in [5.41, 5.74) is 2.86. The van der Waals surface area contributed by atoms with Crippen molar-refractivity contribution in [2.75, 3.05) is 68.0 Å². The molecule has 2 saturated heterocycles. The first kappa shape index (κ1) is 47.2. The lowest BCUT2D eigenvalue weighted by molar-refractivity contribution is -0.136. The standard InChI is InChI=1S/C46H55N11O8S/c1-28-12-10-13-29(2)41(28)54-43(62)34-25-49-46(66-34)52-35-24-36(51-30(3)50-35)56-22-20-55(21-23-56)26-38(59)47-18-8-6-4-5-7-9-19-48-39(60)27-65-33-15-11-14-31-40(33)45(64)57(44(31)63)32-16-17-37(58)53-42(32)61/h10-15,24-25,32H,4-9,16-23,26-27H2,1-3H3,(H,47,59)(H,48,60)(H,54,62)(H,53,58,61)(H,49,50,51,52). The number of carbonyl (C=O) groups is 7. The summed E-state index contributed by atoms with van der Waals surface area (Å²) in [5.74, 6) is -1.04. The van der Waals surface area contributed by atoms with Crippen LogP contribution < -0.4 is 36.2 Å². The van der Waals surface area contributed by atoms with Crippen molar-refractivity contribution in [3.63, 3.8) is 0 Å². The second kappa shape index (κ2) is 21.9. The van der Waals surface area contributed by atoms with Gasteiger partial charge in [0.05, 0.1) is 23.9 Å². The number of carbonyl (C=O) groups excluding carboxylic acids is 7. The Hall–Kier alpha value is -6.80. The SMILES string of the molecule is Cc1nc(Nc2ncc(C(=O)Nc3c(C)cccc3C)s2)cc(N2CCN(CC(=O)NCCCCCCCCNC(=O)COc3cccc4c3C(=O)N(C3CCC(=O)NC3=O)C4=O)CC2)n1. The molecular formula is C46H55N11O8S. The van der Waals surface area contributed by atoms with Crippen molar-refractivity contribution >= 4 is 75.1 Å². The largest absolute Gasteiger partial charge is 0.483 e. The predicted molar refractivity (Wildman–Crippen MR) is 247 cm³/mol. The highest BCUT2D eigenvalue weighted by molar-refractivity contribution is 7.17. The summed E-state index contributed by atoms with van der Waals surface area (Å²) in [4.78, 5) is 108. The molecule has 19 nitrogen and oxygen atoms in total. The zero-order chi connectivity index (χ0) is 46.7. The Labute approximate surface area is 386 Å². The molecule has 2 aromatic heterocycles. The third-order valence-corrected chi connectivity index (χ3v) is 12.5. The molecule has 3 aliphatic heterocycles. The Morgan fingerprint density at radius 2 is 1.52 bits per heavy atom. The fourth-order valence-electron chi connectivity index (χ4n) is 8.12. The Morgan fingerprint density at radius 1 is 0.833 bits per heavy atom. The van der Waals surface area contributed by atoms with Crippen LogP contribution in [-0.2, 0) is 19.2 Å². The van der Waals surface area contributed by atoms with Crippen LogP contribution in [0.5, 0.6) is 5.75 Å². The van der Waals surface area contributed by atoms with Crippen molar-refractivity contribution in [3.8, 4) is 5.75 Å². The molecule has 20 heteroatoms. The number of hydrogen-bond donors (Lipinski definition) is 5. The van der Waals surface area contributed by atoms with Gasteiger partial charge >= 0.3 is 0 Å². The summed E-state index contributed by atoms with van der Waals surface area (Å²) in [6.45, 7) is 9.64. The zero-order valence-electron chi connectivity index (χ0n) is 37.4. The number of anilines is 4. The maximum Gasteiger partial charge on any atom is 0.267 e. The van der Waals surface area contributed by atoms with Gasteiger partial charge in [-0.3, -0.25) is 48.7 Å². The summed E-state index contributed by atoms with van der Waals surface area (Å²) in [6.07, 6.45) is 7.17. The Balaban J connectivity index is 0.725. The highest BCUT2D eigenvalue weighted by Gasteiger charge is 2.46. The van der Waals surface area contributed by atoms with Gasteiger partial charge in [-0.1, -0.05) is 61.3 Å². The maximum atomic E-state index is 13.2. The number of aromatic nitrogens is 3. The van der Waals surface area contributed by atoms with Gasteiger partial charge in [0.25, 0.3) is 23.6 Å². The molecule has 7 amide bonds. The molecule has 1 atom stereocenters. The third kappa shape index (κ3) is 11.9. The first-order valence-electron chi connectivity index (χ1n) is 22.3. The number of imide groups is 2. The number of piperidine rings is 1. The fraction of sp³-hybridized carbons (Fsp3) is 0.435. The van der Waals surface area contributed by atoms with Gasteiger partial charge in [-0.25, -0.2) is 15.0 Å². The number of piperazine rings is 1. The van der Waals surface area contributed by atoms with Crippen LogP contribution in [0.25, 0.3) is 0 Å². The van der Waals surface area contributed by atoms with E-state index in [1.807, 2.05) is 45.0 Å². The van der Waals surface area contributed by atoms with Crippen LogP contribution in [0.2, 0.25) is 0 Å². The van der Waals surface area contributed by atoms with E-state index < -0.39 is 29.7 Å². The van der Waals surface area contributed by atoms with E-state index in [2.05, 4.69) is 51.3 Å². The molecule has 7 rings (SSSR count). The minimum atomic E-state index is -1.09. The number of aryl methyl sites for hydroxylation is 3. The molecule has 3 aliphatic rings. The highest BCUT2D eigenvalue weighted by Crippen LogP contribution is 2.34. The van der Waals surface area contributed by atoms with Crippen LogP contribution in [0.1, 0.15) is 98.7 Å². The van der Waals surface area contributed by atoms with Crippen LogP contribution in [0.15, 0.2) is 48.7 Å². The number of para-hydroxylation sites is 1. The van der Waals surface area contributed by atoms with Crippen molar-refractivity contribution in [3.05, 3.63) is 81.6 Å². The molecular weight excluding hydrogens is 867 g/mol. The van der Waals surface area contributed by atoms with Gasteiger partial charge in [0.1, 0.15) is 34.1 Å². The molecule has 5 N–H and O–H groups in total. The second-order valence-electron chi connectivity index (χ2n) is 16.5. The molecule has 0 saturated carbocycles. The van der Waals surface area contributed by atoms with E-state index in [9.17, 15) is 33.6 Å². The number of nitrogens with zero attached hydrogens (tertiary/aromatic N) is 6. The van der Waals surface area contributed by atoms with Crippen LogP contribution in [0, 0.1) is 20.8 Å². The normalized spacial score (nSPS) is 16.2. The van der Waals surface area contributed by atoms with Crippen molar-refractivity contribution in [2.45, 2.75) is 78.2 Å². The summed E-state index contributed by atoms with van der Waals surface area (Å²) in [6, 6.07) is 11.2. The molecule has 5 heterocycles. The lowest BCUT2D eigenvalue weighted by Crippen LogP contribution is -2.54. The van der Waals surface area contributed by atoms with Gasteiger partial charge in [0.2, 0.25) is 17.7 Å². The second-order valence-corrected chi connectivity index (χ2v) is 17.6. The molecule has 0 bridgehead atoms. The first-order valence-corrected chi connectivity index (χ1v) is 23.1. The lowest BCUT2D eigenvalue weighted by Gasteiger charge is -2.35. The zero-order valence-corrected chi connectivity index (χ0v) is 38.2. The quantitative estimate of drug-likeness (QED) is 0.0622. The first-order chi connectivity index (χ1) is 31.8. The third-order valence-electron chi connectivity index (χ3n) is 11.6. The number of rotatable bonds is 20. The van der Waals surface area contributed by atoms with E-state index in [-0.39, 0.29) is 54.0 Å². The van der Waals surface area contributed by atoms with E-state index in [4.69, 9.17) is 4.74 Å². The molecule has 0 radical (unpaired) electrons. The summed E-state index contributed by atoms with van der Waals surface area (Å²) in [5, 5.41) is 14.8. The maximum absolute atomic E-state index is 13.2. The summed E-state index contributed by atoms with van der Waals surface area (Å²) < 4.78 is 5.65. The Kier molecular flexibility index (Phi) is 15.7. The summed E-state index contributed by atoms with van der Waals surface area (Å²) >= 11 is 1.25. The average Bonchev–Trinajstić information content (AvgIpc) is 3.86. The van der Waals surface area contributed by atoms with Gasteiger partial charge in [-0.05, 0) is 63.3 Å². The van der Waals surface area contributed by atoms with Crippen LogP contribution >= 0.6 is 11.3 Å². The monoisotopic (exact) mass is 921 g/mol. The molecule has 0 spiro atoms. The van der Waals surface area contributed by atoms with E-state index in [1.165, 1.54) is 23.5 Å². The number of ether oxygens (including phenoxy) is 1. The molecule has 2 aromatic carbocycles. The smallest absolute Gasteiger partial charge is 0.267 e. The predicted octanol–water partition coefficient (Wildman–Crippen LogP) is 4.03. The van der Waals surface area contributed by atoms with Gasteiger partial charge in [-0.2, -0.15) is 0 Å². The van der Waals surface area contributed by atoms with E-state index in [0.717, 1.165) is 66.1 Å². The number of nitrogens with one attached hydrogen (secondary N) is 5. The van der Waals surface area contributed by atoms with Gasteiger partial charge < -0.3 is 30.9 Å². The van der Waals surface area contributed by atoms with E-state index in [0.29, 0.717) is 67.5 Å². The molecule has 2 fully saturated rings. The number of unbranched alkanes of at least 4 members (excludes halogenated alkanes) is 5. The van der Waals surface area contributed by atoms with Crippen molar-refractivity contribution in [2.24, 2.45) is 0 Å². The number of amides is 7. The number of fused-ring (bicyclic) bond motifs is 1. The van der Waals surface area contributed by atoms with E-state index in [1.54, 1.807) is 12.3 Å². The molecule has 348 valence electrons. The van der Waals surface area contributed by atoms with Crippen molar-refractivity contribution < 1.29 is 38.3 Å². The number of thiazole rings is 1. The topological polar surface area (TPSA) is 237 Å². The van der Waals surface area contributed by atoms with Gasteiger partial charge in [0, 0.05) is 57.4 Å². The molecule has 66 heavy (non-hydrogen) atoms. The van der Waals surface area contributed by atoms with Crippen LogP contribution in [0.3, 0.4) is 0 Å². The van der Waals surface area contributed by atoms with Gasteiger partial charge in [-0.15, -0.1) is 0 Å². The minimum absolute atomic E-state index is 0.00371. The van der Waals surface area contributed by atoms with E-state index >= 15 is 0 Å². The van der Waals surface area contributed by atoms with Crippen molar-refractivity contribution in [1.29, 1.82) is 0 Å². The van der Waals surface area contributed by atoms with Crippen molar-refractivity contribution in [1.82, 2.24) is 40.7 Å². The lowest BCUT2D eigenvalue weighted by atomic mass is 10.0. The Morgan fingerprint density at radius 3 is 2.23 bits per heavy atom.